The van der Waals surface area contributed by atoms with Gasteiger partial charge in [-0.3, -0.25) is 4.99 Å². The normalized spacial score (nSPS) is 41.4. The van der Waals surface area contributed by atoms with E-state index >= 15 is 0 Å². The molecule has 0 heterocycles. The van der Waals surface area contributed by atoms with Gasteiger partial charge < -0.3 is 10.6 Å². The highest BCUT2D eigenvalue weighted by Crippen LogP contribution is 2.59. The second kappa shape index (κ2) is 5.55. The highest BCUT2D eigenvalue weighted by atomic mass is 127. The van der Waals surface area contributed by atoms with Crippen LogP contribution in [0, 0.1) is 23.2 Å². The lowest BCUT2D eigenvalue weighted by atomic mass is 9.49. The van der Waals surface area contributed by atoms with Crippen LogP contribution in [0.1, 0.15) is 38.5 Å². The van der Waals surface area contributed by atoms with E-state index in [2.05, 4.69) is 15.6 Å². The van der Waals surface area contributed by atoms with Crippen LogP contribution < -0.4 is 10.6 Å². The van der Waals surface area contributed by atoms with Crippen molar-refractivity contribution in [3.8, 4) is 0 Å². The molecule has 0 atom stereocenters. The molecule has 0 unspecified atom stereocenters. The Kier molecular flexibility index (Phi) is 4.44. The Morgan fingerprint density at radius 1 is 1.11 bits per heavy atom. The first-order chi connectivity index (χ1) is 8.23. The van der Waals surface area contributed by atoms with Crippen LogP contribution in [0.3, 0.4) is 0 Å². The van der Waals surface area contributed by atoms with Crippen molar-refractivity contribution in [1.82, 2.24) is 10.6 Å². The van der Waals surface area contributed by atoms with Crippen LogP contribution in [0.15, 0.2) is 4.99 Å². The first-order valence-electron chi connectivity index (χ1n) is 7.11. The number of rotatable bonds is 2. The van der Waals surface area contributed by atoms with Gasteiger partial charge in [0.2, 0.25) is 0 Å². The van der Waals surface area contributed by atoms with E-state index in [1.54, 1.807) is 0 Å². The minimum absolute atomic E-state index is 0. The van der Waals surface area contributed by atoms with Gasteiger partial charge in [0.15, 0.2) is 5.96 Å². The van der Waals surface area contributed by atoms with E-state index in [9.17, 15) is 0 Å². The molecule has 4 rings (SSSR count). The van der Waals surface area contributed by atoms with Crippen molar-refractivity contribution in [2.24, 2.45) is 28.2 Å². The van der Waals surface area contributed by atoms with Crippen molar-refractivity contribution in [1.29, 1.82) is 0 Å². The average Bonchev–Trinajstić information content (AvgIpc) is 2.28. The summed E-state index contributed by atoms with van der Waals surface area (Å²) in [7, 11) is 3.79. The zero-order chi connectivity index (χ0) is 11.9. The summed E-state index contributed by atoms with van der Waals surface area (Å²) in [6.45, 7) is 1.13. The third kappa shape index (κ3) is 2.63. The molecule has 0 radical (unpaired) electrons. The van der Waals surface area contributed by atoms with Crippen molar-refractivity contribution in [2.75, 3.05) is 20.6 Å². The van der Waals surface area contributed by atoms with Crippen LogP contribution in [0.5, 0.6) is 0 Å². The number of aliphatic imine (C=N–C) groups is 1. The third-order valence-electron chi connectivity index (χ3n) is 5.26. The minimum Gasteiger partial charge on any atom is -0.359 e. The van der Waals surface area contributed by atoms with Gasteiger partial charge in [-0.25, -0.2) is 0 Å². The lowest BCUT2D eigenvalue weighted by Crippen LogP contribution is -2.52. The minimum atomic E-state index is 0. The van der Waals surface area contributed by atoms with E-state index in [4.69, 9.17) is 0 Å². The molecule has 0 aromatic heterocycles. The number of halogens is 1. The second-order valence-electron chi connectivity index (χ2n) is 6.59. The van der Waals surface area contributed by atoms with E-state index in [1.165, 1.54) is 38.5 Å². The lowest BCUT2D eigenvalue weighted by molar-refractivity contribution is -0.0492. The Morgan fingerprint density at radius 2 is 1.61 bits per heavy atom. The summed E-state index contributed by atoms with van der Waals surface area (Å²) in [4.78, 5) is 4.22. The van der Waals surface area contributed by atoms with Crippen molar-refractivity contribution in [3.63, 3.8) is 0 Å². The molecule has 4 heteroatoms. The summed E-state index contributed by atoms with van der Waals surface area (Å²) in [6.07, 6.45) is 8.98. The Hall–Kier alpha value is 0. The Balaban J connectivity index is 0.00000120. The van der Waals surface area contributed by atoms with Gasteiger partial charge in [-0.1, -0.05) is 0 Å². The first kappa shape index (κ1) is 14.4. The molecule has 3 nitrogen and oxygen atoms in total. The topological polar surface area (TPSA) is 36.4 Å². The smallest absolute Gasteiger partial charge is 0.190 e. The lowest BCUT2D eigenvalue weighted by Gasteiger charge is -2.57. The fourth-order valence-electron chi connectivity index (χ4n) is 5.06. The van der Waals surface area contributed by atoms with Gasteiger partial charge in [-0.15, -0.1) is 24.0 Å². The van der Waals surface area contributed by atoms with Gasteiger partial charge >= 0.3 is 0 Å². The molecule has 2 N–H and O–H groups in total. The van der Waals surface area contributed by atoms with E-state index in [0.29, 0.717) is 5.41 Å². The van der Waals surface area contributed by atoms with Crippen LogP contribution in [0.2, 0.25) is 0 Å². The SMILES string of the molecule is CN=C(NC)NCC12CC3CC(CC(C3)C1)C2.I. The third-order valence-corrected chi connectivity index (χ3v) is 5.26. The predicted octanol–water partition coefficient (Wildman–Crippen LogP) is 2.62. The zero-order valence-corrected chi connectivity index (χ0v) is 13.9. The quantitative estimate of drug-likeness (QED) is 0.450. The Labute approximate surface area is 128 Å². The van der Waals surface area contributed by atoms with Crippen LogP contribution in [-0.2, 0) is 0 Å². The van der Waals surface area contributed by atoms with Gasteiger partial charge in [0.05, 0.1) is 0 Å². The summed E-state index contributed by atoms with van der Waals surface area (Å²) in [5.41, 5.74) is 0.599. The molecule has 104 valence electrons. The zero-order valence-electron chi connectivity index (χ0n) is 11.5. The monoisotopic (exact) mass is 363 g/mol. The van der Waals surface area contributed by atoms with Crippen molar-refractivity contribution in [2.45, 2.75) is 38.5 Å². The fourth-order valence-corrected chi connectivity index (χ4v) is 5.06. The van der Waals surface area contributed by atoms with Gasteiger partial charge in [0.25, 0.3) is 0 Å². The fraction of sp³-hybridized carbons (Fsp3) is 0.929. The van der Waals surface area contributed by atoms with Crippen LogP contribution in [-0.4, -0.2) is 26.6 Å². The molecule has 0 amide bonds. The largest absolute Gasteiger partial charge is 0.359 e. The molecule has 0 spiro atoms. The molecule has 0 aromatic rings. The van der Waals surface area contributed by atoms with Gasteiger partial charge in [-0.2, -0.15) is 0 Å². The van der Waals surface area contributed by atoms with Gasteiger partial charge in [0, 0.05) is 20.6 Å². The highest BCUT2D eigenvalue weighted by molar-refractivity contribution is 14.0. The Bertz CT molecular complexity index is 292. The molecular formula is C14H26IN3. The number of hydrogen-bond acceptors (Lipinski definition) is 1. The highest BCUT2D eigenvalue weighted by Gasteiger charge is 2.50. The molecule has 4 aliphatic carbocycles. The maximum atomic E-state index is 4.22. The molecule has 4 fully saturated rings. The molecule has 0 aromatic carbocycles. The van der Waals surface area contributed by atoms with Crippen LogP contribution in [0.4, 0.5) is 0 Å². The number of hydrogen-bond donors (Lipinski definition) is 2. The maximum absolute atomic E-state index is 4.22. The van der Waals surface area contributed by atoms with Crippen molar-refractivity contribution in [3.05, 3.63) is 0 Å². The van der Waals surface area contributed by atoms with Crippen LogP contribution >= 0.6 is 24.0 Å². The Morgan fingerprint density at radius 3 is 2.00 bits per heavy atom. The van der Waals surface area contributed by atoms with E-state index in [1.807, 2.05) is 14.1 Å². The number of nitrogens with zero attached hydrogens (tertiary/aromatic N) is 1. The van der Waals surface area contributed by atoms with E-state index in [-0.39, 0.29) is 24.0 Å². The van der Waals surface area contributed by atoms with Gasteiger partial charge in [0.1, 0.15) is 0 Å². The predicted molar refractivity (Wildman–Crippen MR) is 86.4 cm³/mol. The second-order valence-corrected chi connectivity index (χ2v) is 6.59. The molecule has 4 bridgehead atoms. The summed E-state index contributed by atoms with van der Waals surface area (Å²) in [5, 5.41) is 6.64. The van der Waals surface area contributed by atoms with E-state index in [0.717, 1.165) is 30.3 Å². The van der Waals surface area contributed by atoms with Crippen molar-refractivity contribution >= 4 is 29.9 Å². The molecule has 0 saturated heterocycles. The summed E-state index contributed by atoms with van der Waals surface area (Å²) in [6, 6.07) is 0. The average molecular weight is 363 g/mol. The summed E-state index contributed by atoms with van der Waals surface area (Å²) >= 11 is 0. The number of nitrogens with one attached hydrogen (secondary N) is 2. The first-order valence-corrected chi connectivity index (χ1v) is 7.11. The maximum Gasteiger partial charge on any atom is 0.190 e. The van der Waals surface area contributed by atoms with E-state index < -0.39 is 0 Å². The summed E-state index contributed by atoms with van der Waals surface area (Å²) < 4.78 is 0. The standard InChI is InChI=1S/C14H25N3.HI/c1-15-13(16-2)17-9-14-6-10-3-11(7-14)5-12(4-10)8-14;/h10-12H,3-9H2,1-2H3,(H2,15,16,17);1H. The summed E-state index contributed by atoms with van der Waals surface area (Å²) in [5.74, 6) is 4.07. The molecule has 4 saturated carbocycles. The van der Waals surface area contributed by atoms with Gasteiger partial charge in [-0.05, 0) is 61.7 Å². The molecule has 0 aliphatic heterocycles. The van der Waals surface area contributed by atoms with Crippen molar-refractivity contribution < 1.29 is 0 Å². The number of guanidine groups is 1. The molecule has 4 aliphatic rings. The molecular weight excluding hydrogens is 337 g/mol. The van der Waals surface area contributed by atoms with Crippen LogP contribution in [0.25, 0.3) is 0 Å². The molecule has 18 heavy (non-hydrogen) atoms.